The van der Waals surface area contributed by atoms with Gasteiger partial charge < -0.3 is 14.7 Å². The second-order valence-corrected chi connectivity index (χ2v) is 4.82. The third-order valence-corrected chi connectivity index (χ3v) is 3.32. The van der Waals surface area contributed by atoms with E-state index >= 15 is 0 Å². The van der Waals surface area contributed by atoms with Gasteiger partial charge in [-0.15, -0.1) is 0 Å². The second-order valence-electron chi connectivity index (χ2n) is 4.82. The van der Waals surface area contributed by atoms with Crippen LogP contribution in [0.2, 0.25) is 0 Å². The van der Waals surface area contributed by atoms with Gasteiger partial charge in [-0.25, -0.2) is 9.59 Å². The molecule has 1 heterocycles. The smallest absolute Gasteiger partial charge is 0.334 e. The number of aliphatic carboxylic acids is 1. The van der Waals surface area contributed by atoms with Gasteiger partial charge in [0, 0.05) is 19.3 Å². The van der Waals surface area contributed by atoms with Crippen molar-refractivity contribution in [3.63, 3.8) is 0 Å². The van der Waals surface area contributed by atoms with E-state index in [9.17, 15) is 9.59 Å². The highest BCUT2D eigenvalue weighted by Gasteiger charge is 2.30. The fourth-order valence-corrected chi connectivity index (χ4v) is 2.06. The molecular weight excluding hydrogens is 260 g/mol. The molecule has 1 saturated heterocycles. The van der Waals surface area contributed by atoms with E-state index in [4.69, 9.17) is 9.84 Å². The van der Waals surface area contributed by atoms with Crippen molar-refractivity contribution in [1.29, 1.82) is 0 Å². The summed E-state index contributed by atoms with van der Waals surface area (Å²) in [7, 11) is 1.68. The predicted octanol–water partition coefficient (Wildman–Crippen LogP) is 1.34. The average molecular weight is 278 g/mol. The zero-order chi connectivity index (χ0) is 14.7. The summed E-state index contributed by atoms with van der Waals surface area (Å²) in [6, 6.07) is 7.37. The molecule has 1 unspecified atom stereocenters. The predicted molar refractivity (Wildman–Crippen MR) is 73.9 cm³/mol. The lowest BCUT2D eigenvalue weighted by Gasteiger charge is -2.33. The Labute approximate surface area is 117 Å². The first-order valence-electron chi connectivity index (χ1n) is 6.43. The molecular formula is C14H18N2O4. The summed E-state index contributed by atoms with van der Waals surface area (Å²) in [6.45, 7) is 2.69. The molecule has 2 rings (SSSR count). The number of anilines is 1. The largest absolute Gasteiger partial charge is 0.479 e. The Bertz CT molecular complexity index is 500. The standard InChI is InChI=1S/C14H18N2O4/c1-10-3-5-11(6-4-10)15(2)14(19)16-7-8-20-12(9-16)13(17)18/h3-6,12H,7-9H2,1-2H3,(H,17,18). The molecule has 0 radical (unpaired) electrons. The molecule has 20 heavy (non-hydrogen) atoms. The van der Waals surface area contributed by atoms with E-state index in [1.165, 1.54) is 9.80 Å². The minimum atomic E-state index is -1.04. The van der Waals surface area contributed by atoms with E-state index in [0.717, 1.165) is 11.3 Å². The number of nitrogens with zero attached hydrogens (tertiary/aromatic N) is 2. The minimum Gasteiger partial charge on any atom is -0.479 e. The molecule has 6 heteroatoms. The molecule has 1 aliphatic heterocycles. The molecule has 1 atom stereocenters. The molecule has 1 N–H and O–H groups in total. The number of benzene rings is 1. The number of hydrogen-bond donors (Lipinski definition) is 1. The quantitative estimate of drug-likeness (QED) is 0.886. The highest BCUT2D eigenvalue weighted by molar-refractivity contribution is 5.92. The Morgan fingerprint density at radius 1 is 1.35 bits per heavy atom. The van der Waals surface area contributed by atoms with Crippen molar-refractivity contribution in [2.75, 3.05) is 31.6 Å². The van der Waals surface area contributed by atoms with Crippen molar-refractivity contribution in [1.82, 2.24) is 4.90 Å². The Morgan fingerprint density at radius 2 is 2.00 bits per heavy atom. The van der Waals surface area contributed by atoms with Crippen molar-refractivity contribution in [2.45, 2.75) is 13.0 Å². The molecule has 1 aromatic carbocycles. The van der Waals surface area contributed by atoms with Gasteiger partial charge in [-0.2, -0.15) is 0 Å². The van der Waals surface area contributed by atoms with E-state index in [2.05, 4.69) is 0 Å². The fourth-order valence-electron chi connectivity index (χ4n) is 2.06. The van der Waals surface area contributed by atoms with Crippen LogP contribution in [0.25, 0.3) is 0 Å². The summed E-state index contributed by atoms with van der Waals surface area (Å²) in [5, 5.41) is 8.95. The number of morpholine rings is 1. The van der Waals surface area contributed by atoms with Gasteiger partial charge in [-0.05, 0) is 19.1 Å². The van der Waals surface area contributed by atoms with Crippen LogP contribution in [-0.4, -0.2) is 54.9 Å². The SMILES string of the molecule is Cc1ccc(N(C)C(=O)N2CCOC(C(=O)O)C2)cc1. The number of ether oxygens (including phenoxy) is 1. The molecule has 6 nitrogen and oxygen atoms in total. The van der Waals surface area contributed by atoms with E-state index < -0.39 is 12.1 Å². The van der Waals surface area contributed by atoms with Gasteiger partial charge in [0.2, 0.25) is 0 Å². The lowest BCUT2D eigenvalue weighted by Crippen LogP contribution is -2.52. The molecule has 1 aromatic rings. The third-order valence-electron chi connectivity index (χ3n) is 3.32. The monoisotopic (exact) mass is 278 g/mol. The van der Waals surface area contributed by atoms with Crippen molar-refractivity contribution in [2.24, 2.45) is 0 Å². The summed E-state index contributed by atoms with van der Waals surface area (Å²) < 4.78 is 5.11. The van der Waals surface area contributed by atoms with Gasteiger partial charge in [0.25, 0.3) is 0 Å². The maximum absolute atomic E-state index is 12.4. The number of carboxylic acid groups (broad SMARTS) is 1. The van der Waals surface area contributed by atoms with Gasteiger partial charge in [-0.3, -0.25) is 4.90 Å². The number of hydrogen-bond acceptors (Lipinski definition) is 3. The zero-order valence-corrected chi connectivity index (χ0v) is 11.6. The number of carboxylic acids is 1. The van der Waals surface area contributed by atoms with Crippen LogP contribution in [-0.2, 0) is 9.53 Å². The van der Waals surface area contributed by atoms with E-state index in [1.54, 1.807) is 7.05 Å². The summed E-state index contributed by atoms with van der Waals surface area (Å²) in [5.41, 5.74) is 1.89. The molecule has 0 spiro atoms. The zero-order valence-electron chi connectivity index (χ0n) is 11.6. The Balaban J connectivity index is 2.06. The molecule has 108 valence electrons. The van der Waals surface area contributed by atoms with Gasteiger partial charge in [0.05, 0.1) is 13.2 Å². The van der Waals surface area contributed by atoms with Crippen LogP contribution in [0, 0.1) is 6.92 Å². The first-order valence-corrected chi connectivity index (χ1v) is 6.43. The lowest BCUT2D eigenvalue weighted by molar-refractivity contribution is -0.154. The number of aryl methyl sites for hydroxylation is 1. The number of urea groups is 1. The average Bonchev–Trinajstić information content (AvgIpc) is 2.46. The molecule has 0 aromatic heterocycles. The van der Waals surface area contributed by atoms with E-state index in [1.807, 2.05) is 31.2 Å². The fraction of sp³-hybridized carbons (Fsp3) is 0.429. The van der Waals surface area contributed by atoms with Crippen LogP contribution in [0.15, 0.2) is 24.3 Å². The molecule has 1 fully saturated rings. The highest BCUT2D eigenvalue weighted by Crippen LogP contribution is 2.16. The maximum Gasteiger partial charge on any atom is 0.334 e. The van der Waals surface area contributed by atoms with Gasteiger partial charge in [-0.1, -0.05) is 17.7 Å². The van der Waals surface area contributed by atoms with Crippen LogP contribution in [0.4, 0.5) is 10.5 Å². The van der Waals surface area contributed by atoms with Crippen LogP contribution in [0.1, 0.15) is 5.56 Å². The minimum absolute atomic E-state index is 0.0738. The van der Waals surface area contributed by atoms with Gasteiger partial charge in [0.15, 0.2) is 6.10 Å². The van der Waals surface area contributed by atoms with E-state index in [-0.39, 0.29) is 19.2 Å². The van der Waals surface area contributed by atoms with Crippen molar-refractivity contribution in [3.8, 4) is 0 Å². The molecule has 0 aliphatic carbocycles. The molecule has 1 aliphatic rings. The summed E-state index contributed by atoms with van der Waals surface area (Å²) >= 11 is 0. The van der Waals surface area contributed by atoms with Crippen LogP contribution >= 0.6 is 0 Å². The van der Waals surface area contributed by atoms with Crippen molar-refractivity contribution in [3.05, 3.63) is 29.8 Å². The maximum atomic E-state index is 12.4. The number of carbonyl (C=O) groups is 2. The third kappa shape index (κ3) is 3.08. The second kappa shape index (κ2) is 5.92. The first kappa shape index (κ1) is 14.3. The van der Waals surface area contributed by atoms with Crippen LogP contribution in [0.5, 0.6) is 0 Å². The summed E-state index contributed by atoms with van der Waals surface area (Å²) in [5.74, 6) is -1.04. The first-order chi connectivity index (χ1) is 9.49. The van der Waals surface area contributed by atoms with Gasteiger partial charge in [0.1, 0.15) is 0 Å². The normalized spacial score (nSPS) is 18.7. The molecule has 0 saturated carbocycles. The number of carbonyl (C=O) groups excluding carboxylic acids is 1. The Kier molecular flexibility index (Phi) is 4.24. The summed E-state index contributed by atoms with van der Waals surface area (Å²) in [4.78, 5) is 26.3. The molecule has 0 bridgehead atoms. The summed E-state index contributed by atoms with van der Waals surface area (Å²) in [6.07, 6.45) is -0.945. The number of amides is 2. The Hall–Kier alpha value is -2.08. The van der Waals surface area contributed by atoms with Crippen LogP contribution in [0.3, 0.4) is 0 Å². The molecule has 2 amide bonds. The lowest BCUT2D eigenvalue weighted by atomic mass is 10.2. The highest BCUT2D eigenvalue weighted by atomic mass is 16.5. The van der Waals surface area contributed by atoms with E-state index in [0.29, 0.717) is 6.54 Å². The van der Waals surface area contributed by atoms with Crippen molar-refractivity contribution >= 4 is 17.7 Å². The number of rotatable bonds is 2. The van der Waals surface area contributed by atoms with Gasteiger partial charge >= 0.3 is 12.0 Å². The Morgan fingerprint density at radius 3 is 2.60 bits per heavy atom. The van der Waals surface area contributed by atoms with Crippen molar-refractivity contribution < 1.29 is 19.4 Å². The van der Waals surface area contributed by atoms with Crippen LogP contribution < -0.4 is 4.90 Å². The topological polar surface area (TPSA) is 70.1 Å².